The second kappa shape index (κ2) is 4.32. The number of aromatic nitrogens is 3. The first-order chi connectivity index (χ1) is 8.43. The van der Waals surface area contributed by atoms with Crippen LogP contribution < -0.4 is 5.73 Å². The van der Waals surface area contributed by atoms with Crippen LogP contribution in [0.4, 0.5) is 19.0 Å². The van der Waals surface area contributed by atoms with Gasteiger partial charge in [-0.2, -0.15) is 13.2 Å². The van der Waals surface area contributed by atoms with Gasteiger partial charge in [0, 0.05) is 12.1 Å². The maximum Gasteiger partial charge on any atom is 0.416 e. The van der Waals surface area contributed by atoms with E-state index in [2.05, 4.69) is 10.3 Å². The molecular formula is C11H11F3N4. The lowest BCUT2D eigenvalue weighted by Gasteiger charge is -2.09. The van der Waals surface area contributed by atoms with Crippen molar-refractivity contribution >= 4 is 5.82 Å². The zero-order valence-corrected chi connectivity index (χ0v) is 9.57. The lowest BCUT2D eigenvalue weighted by atomic mass is 10.1. The van der Waals surface area contributed by atoms with Gasteiger partial charge < -0.3 is 5.73 Å². The molecule has 0 saturated heterocycles. The Morgan fingerprint density at radius 3 is 2.67 bits per heavy atom. The molecule has 1 heterocycles. The first-order valence-corrected chi connectivity index (χ1v) is 5.30. The third-order valence-electron chi connectivity index (χ3n) is 2.52. The molecule has 0 unspecified atom stereocenters. The highest BCUT2D eigenvalue weighted by Crippen LogP contribution is 2.33. The van der Waals surface area contributed by atoms with E-state index in [1.54, 1.807) is 6.07 Å². The molecule has 0 aliphatic carbocycles. The first-order valence-electron chi connectivity index (χ1n) is 5.30. The van der Waals surface area contributed by atoms with Gasteiger partial charge in [-0.3, -0.25) is 0 Å². The number of nitrogen functional groups attached to an aromatic ring is 1. The highest BCUT2D eigenvalue weighted by Gasteiger charge is 2.30. The summed E-state index contributed by atoms with van der Waals surface area (Å²) in [5, 5.41) is 7.43. The summed E-state index contributed by atoms with van der Waals surface area (Å²) in [7, 11) is 0. The van der Waals surface area contributed by atoms with Crippen molar-refractivity contribution in [3.63, 3.8) is 0 Å². The molecule has 4 nitrogen and oxygen atoms in total. The highest BCUT2D eigenvalue weighted by atomic mass is 19.4. The Hall–Kier alpha value is -2.05. The van der Waals surface area contributed by atoms with Gasteiger partial charge in [0.15, 0.2) is 5.82 Å². The molecule has 0 fully saturated rings. The van der Waals surface area contributed by atoms with E-state index in [1.165, 1.54) is 10.7 Å². The predicted molar refractivity (Wildman–Crippen MR) is 60.5 cm³/mol. The largest absolute Gasteiger partial charge is 0.416 e. The van der Waals surface area contributed by atoms with Crippen LogP contribution in [-0.2, 0) is 12.7 Å². The maximum absolute atomic E-state index is 12.6. The molecule has 1 aromatic heterocycles. The summed E-state index contributed by atoms with van der Waals surface area (Å²) in [4.78, 5) is 0. The monoisotopic (exact) mass is 256 g/mol. The number of alkyl halides is 3. The van der Waals surface area contributed by atoms with Crippen LogP contribution in [0.1, 0.15) is 12.5 Å². The molecule has 0 aliphatic heterocycles. The molecule has 0 saturated carbocycles. The molecule has 2 rings (SSSR count). The van der Waals surface area contributed by atoms with Crippen LogP contribution >= 0.6 is 0 Å². The summed E-state index contributed by atoms with van der Waals surface area (Å²) in [5.74, 6) is 0.121. The second-order valence-electron chi connectivity index (χ2n) is 3.72. The number of benzene rings is 1. The van der Waals surface area contributed by atoms with Crippen LogP contribution in [-0.4, -0.2) is 15.0 Å². The minimum Gasteiger partial charge on any atom is -0.380 e. The van der Waals surface area contributed by atoms with Crippen molar-refractivity contribution in [2.75, 3.05) is 5.73 Å². The maximum atomic E-state index is 12.6. The van der Waals surface area contributed by atoms with Gasteiger partial charge in [0.1, 0.15) is 5.69 Å². The van der Waals surface area contributed by atoms with Crippen molar-refractivity contribution in [1.82, 2.24) is 15.0 Å². The smallest absolute Gasteiger partial charge is 0.380 e. The van der Waals surface area contributed by atoms with Crippen LogP contribution in [0.25, 0.3) is 11.3 Å². The molecule has 18 heavy (non-hydrogen) atoms. The summed E-state index contributed by atoms with van der Waals surface area (Å²) >= 11 is 0. The molecule has 0 atom stereocenters. The second-order valence-corrected chi connectivity index (χ2v) is 3.72. The van der Waals surface area contributed by atoms with Gasteiger partial charge in [-0.15, -0.1) is 5.10 Å². The van der Waals surface area contributed by atoms with Crippen LogP contribution in [0.3, 0.4) is 0 Å². The Morgan fingerprint density at radius 2 is 2.06 bits per heavy atom. The van der Waals surface area contributed by atoms with E-state index < -0.39 is 11.7 Å². The minimum absolute atomic E-state index is 0.121. The topological polar surface area (TPSA) is 56.7 Å². The SMILES string of the molecule is CCn1nnc(N)c1-c1cccc(C(F)(F)F)c1. The van der Waals surface area contributed by atoms with E-state index in [4.69, 9.17) is 5.73 Å². The number of nitrogens with zero attached hydrogens (tertiary/aromatic N) is 3. The van der Waals surface area contributed by atoms with Gasteiger partial charge >= 0.3 is 6.18 Å². The van der Waals surface area contributed by atoms with E-state index in [0.29, 0.717) is 17.8 Å². The van der Waals surface area contributed by atoms with Crippen LogP contribution in [0.15, 0.2) is 24.3 Å². The Balaban J connectivity index is 2.55. The Morgan fingerprint density at radius 1 is 1.33 bits per heavy atom. The molecule has 2 aromatic rings. The molecule has 0 aliphatic rings. The van der Waals surface area contributed by atoms with E-state index in [0.717, 1.165) is 12.1 Å². The van der Waals surface area contributed by atoms with E-state index in [1.807, 2.05) is 6.92 Å². The molecule has 1 aromatic carbocycles. The van der Waals surface area contributed by atoms with Crippen molar-refractivity contribution in [2.24, 2.45) is 0 Å². The standard InChI is InChI=1S/C11H11F3N4/c1-2-18-9(10(15)16-17-18)7-4-3-5-8(6-7)11(12,13)14/h3-6H,2,15H2,1H3. The number of aryl methyl sites for hydroxylation is 1. The summed E-state index contributed by atoms with van der Waals surface area (Å²) in [6, 6.07) is 4.95. The molecule has 2 N–H and O–H groups in total. The summed E-state index contributed by atoms with van der Waals surface area (Å²) < 4.78 is 39.3. The highest BCUT2D eigenvalue weighted by molar-refractivity contribution is 5.70. The van der Waals surface area contributed by atoms with Crippen LogP contribution in [0.5, 0.6) is 0 Å². The Labute approximate surface area is 101 Å². The molecule has 0 bridgehead atoms. The molecule has 0 radical (unpaired) electrons. The quantitative estimate of drug-likeness (QED) is 0.898. The fraction of sp³-hybridized carbons (Fsp3) is 0.273. The van der Waals surface area contributed by atoms with E-state index >= 15 is 0 Å². The lowest BCUT2D eigenvalue weighted by Crippen LogP contribution is -2.06. The normalized spacial score (nSPS) is 11.8. The molecule has 0 spiro atoms. The zero-order chi connectivity index (χ0) is 13.3. The van der Waals surface area contributed by atoms with Gasteiger partial charge in [-0.1, -0.05) is 17.3 Å². The van der Waals surface area contributed by atoms with Crippen molar-refractivity contribution in [3.8, 4) is 11.3 Å². The van der Waals surface area contributed by atoms with Crippen molar-refractivity contribution in [3.05, 3.63) is 29.8 Å². The van der Waals surface area contributed by atoms with Gasteiger partial charge in [0.2, 0.25) is 0 Å². The zero-order valence-electron chi connectivity index (χ0n) is 9.57. The molecular weight excluding hydrogens is 245 g/mol. The van der Waals surface area contributed by atoms with Gasteiger partial charge in [0.25, 0.3) is 0 Å². The molecule has 7 heteroatoms. The molecule has 96 valence electrons. The van der Waals surface area contributed by atoms with Crippen molar-refractivity contribution in [1.29, 1.82) is 0 Å². The minimum atomic E-state index is -4.38. The lowest BCUT2D eigenvalue weighted by molar-refractivity contribution is -0.137. The van der Waals surface area contributed by atoms with E-state index in [-0.39, 0.29) is 5.82 Å². The first kappa shape index (κ1) is 12.4. The molecule has 0 amide bonds. The van der Waals surface area contributed by atoms with Crippen molar-refractivity contribution in [2.45, 2.75) is 19.6 Å². The Kier molecular flexibility index (Phi) is 2.98. The van der Waals surface area contributed by atoms with Gasteiger partial charge in [0.05, 0.1) is 5.56 Å². The van der Waals surface area contributed by atoms with Gasteiger partial charge in [-0.05, 0) is 19.1 Å². The van der Waals surface area contributed by atoms with Crippen LogP contribution in [0, 0.1) is 0 Å². The third-order valence-corrected chi connectivity index (χ3v) is 2.52. The van der Waals surface area contributed by atoms with Gasteiger partial charge in [-0.25, -0.2) is 4.68 Å². The number of hydrogen-bond acceptors (Lipinski definition) is 3. The average molecular weight is 256 g/mol. The number of rotatable bonds is 2. The fourth-order valence-corrected chi connectivity index (χ4v) is 1.69. The van der Waals surface area contributed by atoms with Crippen LogP contribution in [0.2, 0.25) is 0 Å². The van der Waals surface area contributed by atoms with Crippen molar-refractivity contribution < 1.29 is 13.2 Å². The number of nitrogens with two attached hydrogens (primary N) is 1. The predicted octanol–water partition coefficient (Wildman–Crippen LogP) is 2.57. The number of halogens is 3. The van der Waals surface area contributed by atoms with E-state index in [9.17, 15) is 13.2 Å². The summed E-state index contributed by atoms with van der Waals surface area (Å²) in [5.41, 5.74) is 5.68. The summed E-state index contributed by atoms with van der Waals surface area (Å²) in [6.45, 7) is 2.29. The fourth-order valence-electron chi connectivity index (χ4n) is 1.69. The summed E-state index contributed by atoms with van der Waals surface area (Å²) in [6.07, 6.45) is -4.38. The average Bonchev–Trinajstić information content (AvgIpc) is 2.69. The number of hydrogen-bond donors (Lipinski definition) is 1. The Bertz CT molecular complexity index is 560. The number of anilines is 1. The third kappa shape index (κ3) is 2.15.